The molecule has 1 atom stereocenters. The van der Waals surface area contributed by atoms with Crippen molar-refractivity contribution in [1.29, 1.82) is 0 Å². The second-order valence-electron chi connectivity index (χ2n) is 3.46. The molecule has 1 aliphatic rings. The van der Waals surface area contributed by atoms with E-state index in [0.29, 0.717) is 6.61 Å². The highest BCUT2D eigenvalue weighted by molar-refractivity contribution is 7.09. The van der Waals surface area contributed by atoms with Gasteiger partial charge in [-0.3, -0.25) is 4.90 Å². The van der Waals surface area contributed by atoms with E-state index in [-0.39, 0.29) is 12.6 Å². The summed E-state index contributed by atoms with van der Waals surface area (Å²) in [5.41, 5.74) is 0. The van der Waals surface area contributed by atoms with Crippen LogP contribution in [0.2, 0.25) is 0 Å². The van der Waals surface area contributed by atoms with Crippen molar-refractivity contribution in [2.75, 3.05) is 26.4 Å². The van der Waals surface area contributed by atoms with Crippen LogP contribution in [-0.2, 0) is 11.3 Å². The number of hydrogen-bond acceptors (Lipinski definition) is 4. The lowest BCUT2D eigenvalue weighted by molar-refractivity contribution is -0.0308. The van der Waals surface area contributed by atoms with Gasteiger partial charge in [0.15, 0.2) is 0 Å². The molecule has 1 aromatic rings. The van der Waals surface area contributed by atoms with Crippen LogP contribution in [0, 0.1) is 0 Å². The predicted molar refractivity (Wildman–Crippen MR) is 56.4 cm³/mol. The summed E-state index contributed by atoms with van der Waals surface area (Å²) in [6.45, 7) is 3.48. The molecule has 0 aromatic carbocycles. The second-order valence-corrected chi connectivity index (χ2v) is 4.49. The van der Waals surface area contributed by atoms with Gasteiger partial charge >= 0.3 is 0 Å². The topological polar surface area (TPSA) is 32.7 Å². The maximum atomic E-state index is 9.17. The maximum Gasteiger partial charge on any atom is 0.0645 e. The Bertz CT molecular complexity index is 263. The first kappa shape index (κ1) is 10.1. The summed E-state index contributed by atoms with van der Waals surface area (Å²) >= 11 is 1.76. The number of nitrogens with zero attached hydrogens (tertiary/aromatic N) is 1. The van der Waals surface area contributed by atoms with Crippen molar-refractivity contribution in [1.82, 2.24) is 4.90 Å². The Labute approximate surface area is 87.9 Å². The van der Waals surface area contributed by atoms with Crippen LogP contribution >= 0.6 is 11.3 Å². The van der Waals surface area contributed by atoms with Crippen LogP contribution in [0.3, 0.4) is 0 Å². The number of ether oxygens (including phenoxy) is 1. The summed E-state index contributed by atoms with van der Waals surface area (Å²) in [6.07, 6.45) is 0. The summed E-state index contributed by atoms with van der Waals surface area (Å²) in [4.78, 5) is 3.64. The molecule has 2 heterocycles. The molecule has 1 aliphatic heterocycles. The van der Waals surface area contributed by atoms with Gasteiger partial charge in [0.25, 0.3) is 0 Å². The van der Waals surface area contributed by atoms with E-state index in [2.05, 4.69) is 22.4 Å². The molecule has 0 spiro atoms. The Morgan fingerprint density at radius 1 is 1.64 bits per heavy atom. The van der Waals surface area contributed by atoms with Crippen molar-refractivity contribution in [3.05, 3.63) is 22.4 Å². The van der Waals surface area contributed by atoms with Gasteiger partial charge in [0.2, 0.25) is 0 Å². The van der Waals surface area contributed by atoms with Gasteiger partial charge in [-0.05, 0) is 11.4 Å². The average molecular weight is 213 g/mol. The van der Waals surface area contributed by atoms with Gasteiger partial charge in [0.1, 0.15) is 0 Å². The van der Waals surface area contributed by atoms with Crippen LogP contribution in [0.5, 0.6) is 0 Å². The molecule has 0 radical (unpaired) electrons. The van der Waals surface area contributed by atoms with Crippen LogP contribution < -0.4 is 0 Å². The van der Waals surface area contributed by atoms with Crippen molar-refractivity contribution in [3.8, 4) is 0 Å². The van der Waals surface area contributed by atoms with Crippen molar-refractivity contribution in [2.45, 2.75) is 12.6 Å². The van der Waals surface area contributed by atoms with E-state index in [1.807, 2.05) is 0 Å². The third kappa shape index (κ3) is 2.33. The zero-order valence-corrected chi connectivity index (χ0v) is 8.87. The third-order valence-corrected chi connectivity index (χ3v) is 3.36. The van der Waals surface area contributed by atoms with E-state index in [9.17, 15) is 5.11 Å². The molecule has 2 rings (SSSR count). The molecule has 14 heavy (non-hydrogen) atoms. The van der Waals surface area contributed by atoms with Gasteiger partial charge in [0.05, 0.1) is 25.9 Å². The molecule has 78 valence electrons. The summed E-state index contributed by atoms with van der Waals surface area (Å²) in [5.74, 6) is 0. The van der Waals surface area contributed by atoms with E-state index < -0.39 is 0 Å². The van der Waals surface area contributed by atoms with Gasteiger partial charge in [-0.25, -0.2) is 0 Å². The van der Waals surface area contributed by atoms with Gasteiger partial charge < -0.3 is 9.84 Å². The lowest BCUT2D eigenvalue weighted by Gasteiger charge is -2.33. The fourth-order valence-electron chi connectivity index (χ4n) is 1.67. The highest BCUT2D eigenvalue weighted by atomic mass is 32.1. The first-order valence-corrected chi connectivity index (χ1v) is 5.73. The van der Waals surface area contributed by atoms with E-state index in [0.717, 1.165) is 19.7 Å². The maximum absolute atomic E-state index is 9.17. The van der Waals surface area contributed by atoms with Crippen LogP contribution in [0.1, 0.15) is 4.88 Å². The normalized spacial score (nSPS) is 23.9. The lowest BCUT2D eigenvalue weighted by Crippen LogP contribution is -2.46. The summed E-state index contributed by atoms with van der Waals surface area (Å²) < 4.78 is 5.32. The Kier molecular flexibility index (Phi) is 3.53. The molecule has 0 bridgehead atoms. The minimum Gasteiger partial charge on any atom is -0.395 e. The van der Waals surface area contributed by atoms with Crippen molar-refractivity contribution >= 4 is 11.3 Å². The quantitative estimate of drug-likeness (QED) is 0.811. The number of rotatable bonds is 3. The first-order valence-electron chi connectivity index (χ1n) is 4.85. The zero-order chi connectivity index (χ0) is 9.80. The summed E-state index contributed by atoms with van der Waals surface area (Å²) in [6, 6.07) is 4.37. The molecule has 1 saturated heterocycles. The minimum absolute atomic E-state index is 0.172. The van der Waals surface area contributed by atoms with Crippen LogP contribution in [0.25, 0.3) is 0 Å². The fourth-order valence-corrected chi connectivity index (χ4v) is 2.40. The molecule has 4 heteroatoms. The lowest BCUT2D eigenvalue weighted by atomic mass is 10.2. The third-order valence-electron chi connectivity index (χ3n) is 2.50. The largest absolute Gasteiger partial charge is 0.395 e. The summed E-state index contributed by atoms with van der Waals surface area (Å²) in [7, 11) is 0. The average Bonchev–Trinajstić information content (AvgIpc) is 2.71. The van der Waals surface area contributed by atoms with E-state index >= 15 is 0 Å². The Balaban J connectivity index is 1.94. The van der Waals surface area contributed by atoms with Crippen molar-refractivity contribution in [3.63, 3.8) is 0 Å². The Morgan fingerprint density at radius 2 is 2.57 bits per heavy atom. The molecule has 3 nitrogen and oxygen atoms in total. The van der Waals surface area contributed by atoms with Crippen molar-refractivity contribution < 1.29 is 9.84 Å². The Hall–Kier alpha value is -0.420. The van der Waals surface area contributed by atoms with E-state index in [4.69, 9.17) is 4.74 Å². The van der Waals surface area contributed by atoms with Crippen LogP contribution in [-0.4, -0.2) is 42.4 Å². The second kappa shape index (κ2) is 4.89. The predicted octanol–water partition coefficient (Wildman–Crippen LogP) is 0.941. The highest BCUT2D eigenvalue weighted by Gasteiger charge is 2.22. The molecule has 1 unspecified atom stereocenters. The Morgan fingerprint density at radius 3 is 3.29 bits per heavy atom. The molecular weight excluding hydrogens is 198 g/mol. The standard InChI is InChI=1S/C10H15NO2S/c12-7-9-8-13-4-3-11(9)6-10-2-1-5-14-10/h1-2,5,9,12H,3-4,6-8H2. The number of aliphatic hydroxyl groups is 1. The minimum atomic E-state index is 0.172. The zero-order valence-electron chi connectivity index (χ0n) is 8.06. The van der Waals surface area contributed by atoms with Gasteiger partial charge in [-0.1, -0.05) is 6.07 Å². The number of aliphatic hydroxyl groups excluding tert-OH is 1. The SMILES string of the molecule is OCC1COCCN1Cc1cccs1. The van der Waals surface area contributed by atoms with E-state index in [1.54, 1.807) is 11.3 Å². The smallest absolute Gasteiger partial charge is 0.0645 e. The fraction of sp³-hybridized carbons (Fsp3) is 0.600. The molecule has 0 saturated carbocycles. The number of thiophene rings is 1. The monoisotopic (exact) mass is 213 g/mol. The van der Waals surface area contributed by atoms with E-state index in [1.165, 1.54) is 4.88 Å². The number of hydrogen-bond donors (Lipinski definition) is 1. The van der Waals surface area contributed by atoms with Gasteiger partial charge in [0, 0.05) is 18.0 Å². The molecule has 1 N–H and O–H groups in total. The van der Waals surface area contributed by atoms with Crippen molar-refractivity contribution in [2.24, 2.45) is 0 Å². The highest BCUT2D eigenvalue weighted by Crippen LogP contribution is 2.15. The first-order chi connectivity index (χ1) is 6.90. The molecular formula is C10H15NO2S. The molecule has 0 amide bonds. The van der Waals surface area contributed by atoms with Crippen LogP contribution in [0.15, 0.2) is 17.5 Å². The molecule has 1 aromatic heterocycles. The summed E-state index contributed by atoms with van der Waals surface area (Å²) in [5, 5.41) is 11.3. The molecule has 0 aliphatic carbocycles. The van der Waals surface area contributed by atoms with Gasteiger partial charge in [-0.15, -0.1) is 11.3 Å². The number of morpholine rings is 1. The molecule has 1 fully saturated rings. The van der Waals surface area contributed by atoms with Crippen LogP contribution in [0.4, 0.5) is 0 Å². The van der Waals surface area contributed by atoms with Gasteiger partial charge in [-0.2, -0.15) is 0 Å².